The summed E-state index contributed by atoms with van der Waals surface area (Å²) in [7, 11) is 1.83. The maximum Gasteiger partial charge on any atom is 0.268 e. The molecule has 0 unspecified atom stereocenters. The van der Waals surface area contributed by atoms with Crippen molar-refractivity contribution in [3.63, 3.8) is 0 Å². The molecule has 26 heavy (non-hydrogen) atoms. The van der Waals surface area contributed by atoms with Crippen LogP contribution in [0.25, 0.3) is 0 Å². The van der Waals surface area contributed by atoms with E-state index in [1.807, 2.05) is 18.9 Å². The van der Waals surface area contributed by atoms with Gasteiger partial charge in [0, 0.05) is 37.8 Å². The van der Waals surface area contributed by atoms with Crippen molar-refractivity contribution >= 4 is 17.4 Å². The fourth-order valence-corrected chi connectivity index (χ4v) is 3.49. The molecule has 1 aromatic carbocycles. The Labute approximate surface area is 152 Å². The van der Waals surface area contributed by atoms with Gasteiger partial charge in [0.15, 0.2) is 5.78 Å². The normalized spacial score (nSPS) is 13.4. The van der Waals surface area contributed by atoms with E-state index in [0.717, 1.165) is 24.1 Å². The summed E-state index contributed by atoms with van der Waals surface area (Å²) in [5.41, 5.74) is 3.34. The number of carbonyl (C=O) groups is 2. The quantitative estimate of drug-likeness (QED) is 0.780. The van der Waals surface area contributed by atoms with E-state index in [4.69, 9.17) is 0 Å². The zero-order valence-electron chi connectivity index (χ0n) is 15.2. The number of amides is 1. The summed E-state index contributed by atoms with van der Waals surface area (Å²) < 4.78 is 13.7. The standard InChI is InChI=1S/C20H24FN3O2/c1-13-18-15(8-5-10-17(18)25)23-19(13)20(26)22-11-6-12-24(2)16-9-4-3-7-14(16)21/h3-4,7,9,23H,5-6,8,10-12H2,1-2H3,(H,22,26). The fourth-order valence-electron chi connectivity index (χ4n) is 3.49. The van der Waals surface area contributed by atoms with Gasteiger partial charge in [-0.1, -0.05) is 12.1 Å². The lowest BCUT2D eigenvalue weighted by Crippen LogP contribution is -2.29. The predicted octanol–water partition coefficient (Wildman–Crippen LogP) is 3.24. The second-order valence-corrected chi connectivity index (χ2v) is 6.74. The molecule has 1 aliphatic rings. The van der Waals surface area contributed by atoms with Crippen molar-refractivity contribution in [1.29, 1.82) is 0 Å². The predicted molar refractivity (Wildman–Crippen MR) is 99.4 cm³/mol. The number of ketones is 1. The highest BCUT2D eigenvalue weighted by Gasteiger charge is 2.26. The Morgan fingerprint density at radius 2 is 2.08 bits per heavy atom. The number of hydrogen-bond acceptors (Lipinski definition) is 3. The molecule has 3 rings (SSSR count). The number of fused-ring (bicyclic) bond motifs is 1. The molecule has 1 aromatic heterocycles. The Bertz CT molecular complexity index is 828. The Morgan fingerprint density at radius 1 is 1.31 bits per heavy atom. The summed E-state index contributed by atoms with van der Waals surface area (Å²) in [5.74, 6) is -0.333. The number of anilines is 1. The first-order valence-electron chi connectivity index (χ1n) is 8.97. The van der Waals surface area contributed by atoms with Gasteiger partial charge in [-0.25, -0.2) is 4.39 Å². The summed E-state index contributed by atoms with van der Waals surface area (Å²) in [6.07, 6.45) is 2.88. The first-order valence-corrected chi connectivity index (χ1v) is 8.97. The number of aromatic amines is 1. The number of nitrogens with zero attached hydrogens (tertiary/aromatic N) is 1. The van der Waals surface area contributed by atoms with Gasteiger partial charge in [-0.3, -0.25) is 9.59 Å². The van der Waals surface area contributed by atoms with Crippen LogP contribution in [0.3, 0.4) is 0 Å². The number of carbonyl (C=O) groups excluding carboxylic acids is 2. The number of para-hydroxylation sites is 1. The first-order chi connectivity index (χ1) is 12.5. The Kier molecular flexibility index (Phi) is 5.40. The van der Waals surface area contributed by atoms with Crippen LogP contribution in [0.4, 0.5) is 10.1 Å². The molecule has 5 nitrogen and oxygen atoms in total. The van der Waals surface area contributed by atoms with Crippen LogP contribution in [-0.4, -0.2) is 36.8 Å². The lowest BCUT2D eigenvalue weighted by molar-refractivity contribution is 0.0947. The van der Waals surface area contributed by atoms with Gasteiger partial charge >= 0.3 is 0 Å². The van der Waals surface area contributed by atoms with Crippen LogP contribution in [0.5, 0.6) is 0 Å². The molecule has 1 heterocycles. The molecule has 1 aliphatic carbocycles. The van der Waals surface area contributed by atoms with Crippen molar-refractivity contribution in [1.82, 2.24) is 10.3 Å². The molecule has 0 bridgehead atoms. The molecule has 1 amide bonds. The molecule has 6 heteroatoms. The average molecular weight is 357 g/mol. The van der Waals surface area contributed by atoms with Crippen molar-refractivity contribution in [2.24, 2.45) is 0 Å². The highest BCUT2D eigenvalue weighted by atomic mass is 19.1. The SMILES string of the molecule is Cc1c(C(=O)NCCCN(C)c2ccccc2F)[nH]c2c1C(=O)CCC2. The third kappa shape index (κ3) is 3.64. The van der Waals surface area contributed by atoms with E-state index < -0.39 is 0 Å². The third-order valence-electron chi connectivity index (χ3n) is 4.88. The molecule has 0 radical (unpaired) electrons. The number of aromatic nitrogens is 1. The molecule has 0 saturated carbocycles. The zero-order valence-corrected chi connectivity index (χ0v) is 15.2. The van der Waals surface area contributed by atoms with Gasteiger partial charge in [0.05, 0.1) is 5.69 Å². The third-order valence-corrected chi connectivity index (χ3v) is 4.88. The zero-order chi connectivity index (χ0) is 18.7. The molecule has 0 spiro atoms. The molecule has 0 saturated heterocycles. The minimum absolute atomic E-state index is 0.116. The molecule has 2 N–H and O–H groups in total. The molecule has 0 atom stereocenters. The smallest absolute Gasteiger partial charge is 0.268 e. The van der Waals surface area contributed by atoms with E-state index >= 15 is 0 Å². The minimum atomic E-state index is -0.253. The van der Waals surface area contributed by atoms with Gasteiger partial charge < -0.3 is 15.2 Å². The van der Waals surface area contributed by atoms with Crippen LogP contribution in [0, 0.1) is 12.7 Å². The van der Waals surface area contributed by atoms with Crippen LogP contribution in [0.1, 0.15) is 51.4 Å². The monoisotopic (exact) mass is 357 g/mol. The van der Waals surface area contributed by atoms with E-state index in [-0.39, 0.29) is 17.5 Å². The van der Waals surface area contributed by atoms with Crippen LogP contribution in [0.15, 0.2) is 24.3 Å². The number of rotatable bonds is 6. The largest absolute Gasteiger partial charge is 0.372 e. The van der Waals surface area contributed by atoms with Crippen LogP contribution < -0.4 is 10.2 Å². The summed E-state index contributed by atoms with van der Waals surface area (Å²) in [6.45, 7) is 2.92. The Hall–Kier alpha value is -2.63. The summed E-state index contributed by atoms with van der Waals surface area (Å²) in [4.78, 5) is 29.4. The molecular formula is C20H24FN3O2. The Morgan fingerprint density at radius 3 is 2.81 bits per heavy atom. The summed E-state index contributed by atoms with van der Waals surface area (Å²) in [6, 6.07) is 6.63. The highest BCUT2D eigenvalue weighted by Crippen LogP contribution is 2.26. The highest BCUT2D eigenvalue weighted by molar-refractivity contribution is 6.04. The van der Waals surface area contributed by atoms with Crippen molar-refractivity contribution in [2.45, 2.75) is 32.6 Å². The fraction of sp³-hybridized carbons (Fsp3) is 0.400. The van der Waals surface area contributed by atoms with Crippen molar-refractivity contribution < 1.29 is 14.0 Å². The van der Waals surface area contributed by atoms with Gasteiger partial charge in [0.25, 0.3) is 5.91 Å². The van der Waals surface area contributed by atoms with Crippen molar-refractivity contribution in [3.8, 4) is 0 Å². The maximum atomic E-state index is 13.7. The van der Waals surface area contributed by atoms with Crippen molar-refractivity contribution in [2.75, 3.05) is 25.0 Å². The lowest BCUT2D eigenvalue weighted by Gasteiger charge is -2.19. The second kappa shape index (κ2) is 7.72. The molecule has 2 aromatic rings. The number of aryl methyl sites for hydroxylation is 1. The number of halogens is 1. The van der Waals surface area contributed by atoms with E-state index in [9.17, 15) is 14.0 Å². The minimum Gasteiger partial charge on any atom is -0.372 e. The second-order valence-electron chi connectivity index (χ2n) is 6.74. The van der Waals surface area contributed by atoms with E-state index in [0.29, 0.717) is 42.9 Å². The number of nitrogens with one attached hydrogen (secondary N) is 2. The number of Topliss-reactive ketones (excluding diaryl/α,β-unsaturated/α-hetero) is 1. The van der Waals surface area contributed by atoms with Gasteiger partial charge in [0.1, 0.15) is 11.5 Å². The summed E-state index contributed by atoms with van der Waals surface area (Å²) in [5, 5.41) is 2.88. The number of H-pyrrole nitrogens is 1. The van der Waals surface area contributed by atoms with E-state index in [1.54, 1.807) is 18.2 Å². The van der Waals surface area contributed by atoms with E-state index in [1.165, 1.54) is 6.07 Å². The topological polar surface area (TPSA) is 65.2 Å². The maximum absolute atomic E-state index is 13.7. The molecule has 0 aliphatic heterocycles. The summed E-state index contributed by atoms with van der Waals surface area (Å²) >= 11 is 0. The number of hydrogen-bond donors (Lipinski definition) is 2. The first kappa shape index (κ1) is 18.2. The molecule has 138 valence electrons. The van der Waals surface area contributed by atoms with Gasteiger partial charge in [0.2, 0.25) is 0 Å². The van der Waals surface area contributed by atoms with Crippen molar-refractivity contribution in [3.05, 3.63) is 52.6 Å². The average Bonchev–Trinajstić information content (AvgIpc) is 2.97. The lowest BCUT2D eigenvalue weighted by atomic mass is 9.94. The van der Waals surface area contributed by atoms with Crippen LogP contribution in [-0.2, 0) is 6.42 Å². The van der Waals surface area contributed by atoms with Gasteiger partial charge in [-0.05, 0) is 43.9 Å². The van der Waals surface area contributed by atoms with Gasteiger partial charge in [-0.15, -0.1) is 0 Å². The molecular weight excluding hydrogens is 333 g/mol. The Balaban J connectivity index is 1.54. The van der Waals surface area contributed by atoms with Crippen LogP contribution >= 0.6 is 0 Å². The van der Waals surface area contributed by atoms with Gasteiger partial charge in [-0.2, -0.15) is 0 Å². The number of benzene rings is 1. The van der Waals surface area contributed by atoms with Crippen LogP contribution in [0.2, 0.25) is 0 Å². The van der Waals surface area contributed by atoms with E-state index in [2.05, 4.69) is 10.3 Å². The molecule has 0 fully saturated rings.